The first-order chi connectivity index (χ1) is 8.66. The van der Waals surface area contributed by atoms with Crippen LogP contribution in [0.1, 0.15) is 15.9 Å². The third-order valence-electron chi connectivity index (χ3n) is 2.34. The van der Waals surface area contributed by atoms with E-state index in [0.717, 1.165) is 5.56 Å². The van der Waals surface area contributed by atoms with E-state index in [1.807, 2.05) is 12.1 Å². The predicted octanol–water partition coefficient (Wildman–Crippen LogP) is 3.79. The fourth-order valence-corrected chi connectivity index (χ4v) is 1.70. The van der Waals surface area contributed by atoms with Crippen molar-refractivity contribution in [3.8, 4) is 0 Å². The number of halogens is 1. The predicted molar refractivity (Wildman–Crippen MR) is 72.1 cm³/mol. The van der Waals surface area contributed by atoms with E-state index in [-0.39, 0.29) is 5.56 Å². The molecule has 0 saturated heterocycles. The average Bonchev–Trinajstić information content (AvgIpc) is 2.37. The summed E-state index contributed by atoms with van der Waals surface area (Å²) >= 11 is 5.85. The molecule has 0 bridgehead atoms. The van der Waals surface area contributed by atoms with E-state index < -0.39 is 5.97 Å². The second-order valence-electron chi connectivity index (χ2n) is 3.64. The van der Waals surface area contributed by atoms with E-state index in [1.165, 1.54) is 6.07 Å². The van der Waals surface area contributed by atoms with Crippen LogP contribution in [0.3, 0.4) is 0 Å². The van der Waals surface area contributed by atoms with Gasteiger partial charge in [0, 0.05) is 11.2 Å². The molecule has 0 unspecified atom stereocenters. The van der Waals surface area contributed by atoms with E-state index >= 15 is 0 Å². The van der Waals surface area contributed by atoms with E-state index in [0.29, 0.717) is 10.7 Å². The zero-order valence-corrected chi connectivity index (χ0v) is 10.1. The largest absolute Gasteiger partial charge is 0.478 e. The number of rotatable bonds is 3. The van der Waals surface area contributed by atoms with E-state index in [2.05, 4.69) is 4.99 Å². The molecule has 4 heteroatoms. The standard InChI is InChI=1S/C14H10ClNO2/c15-11-5-3-4-10(8-11)9-16-13-7-2-1-6-12(13)14(17)18/h1-9H,(H,17,18). The van der Waals surface area contributed by atoms with Crippen molar-refractivity contribution >= 4 is 29.5 Å². The van der Waals surface area contributed by atoms with Gasteiger partial charge in [0.1, 0.15) is 0 Å². The van der Waals surface area contributed by atoms with E-state index in [9.17, 15) is 4.79 Å². The lowest BCUT2D eigenvalue weighted by Crippen LogP contribution is -1.96. The molecule has 0 radical (unpaired) electrons. The van der Waals surface area contributed by atoms with Crippen molar-refractivity contribution in [2.24, 2.45) is 4.99 Å². The third kappa shape index (κ3) is 2.96. The van der Waals surface area contributed by atoms with Crippen molar-refractivity contribution < 1.29 is 9.90 Å². The molecule has 0 heterocycles. The van der Waals surface area contributed by atoms with Crippen LogP contribution in [-0.4, -0.2) is 17.3 Å². The number of hydrogen-bond donors (Lipinski definition) is 1. The van der Waals surface area contributed by atoms with Gasteiger partial charge in [-0.25, -0.2) is 4.79 Å². The first-order valence-corrected chi connectivity index (χ1v) is 5.66. The summed E-state index contributed by atoms with van der Waals surface area (Å²) in [6, 6.07) is 13.8. The molecule has 3 nitrogen and oxygen atoms in total. The zero-order chi connectivity index (χ0) is 13.0. The Hall–Kier alpha value is -2.13. The maximum Gasteiger partial charge on any atom is 0.337 e. The van der Waals surface area contributed by atoms with Crippen molar-refractivity contribution in [2.75, 3.05) is 0 Å². The van der Waals surface area contributed by atoms with Crippen LogP contribution in [0.5, 0.6) is 0 Å². The van der Waals surface area contributed by atoms with Crippen LogP contribution < -0.4 is 0 Å². The van der Waals surface area contributed by atoms with Gasteiger partial charge in [0.15, 0.2) is 0 Å². The molecule has 0 amide bonds. The summed E-state index contributed by atoms with van der Waals surface area (Å²) in [7, 11) is 0. The molecular formula is C14H10ClNO2. The molecule has 0 aromatic heterocycles. The minimum Gasteiger partial charge on any atom is -0.478 e. The number of carboxylic acid groups (broad SMARTS) is 1. The molecule has 1 N–H and O–H groups in total. The van der Waals surface area contributed by atoms with Crippen molar-refractivity contribution in [1.29, 1.82) is 0 Å². The van der Waals surface area contributed by atoms with E-state index in [4.69, 9.17) is 16.7 Å². The monoisotopic (exact) mass is 259 g/mol. The Kier molecular flexibility index (Phi) is 3.75. The van der Waals surface area contributed by atoms with Gasteiger partial charge in [0.25, 0.3) is 0 Å². The van der Waals surface area contributed by atoms with Gasteiger partial charge in [-0.3, -0.25) is 4.99 Å². The Morgan fingerprint density at radius 1 is 1.17 bits per heavy atom. The van der Waals surface area contributed by atoms with Crippen LogP contribution in [0, 0.1) is 0 Å². The lowest BCUT2D eigenvalue weighted by Gasteiger charge is -1.99. The van der Waals surface area contributed by atoms with Gasteiger partial charge in [0.2, 0.25) is 0 Å². The number of carboxylic acids is 1. The van der Waals surface area contributed by atoms with Crippen LogP contribution in [0.4, 0.5) is 5.69 Å². The smallest absolute Gasteiger partial charge is 0.337 e. The summed E-state index contributed by atoms with van der Waals surface area (Å²) in [5.74, 6) is -0.992. The summed E-state index contributed by atoms with van der Waals surface area (Å²) in [5.41, 5.74) is 1.42. The Balaban J connectivity index is 2.32. The van der Waals surface area contributed by atoms with Gasteiger partial charge >= 0.3 is 5.97 Å². The van der Waals surface area contributed by atoms with Crippen LogP contribution >= 0.6 is 11.6 Å². The maximum atomic E-state index is 11.0. The Morgan fingerprint density at radius 2 is 1.94 bits per heavy atom. The maximum absolute atomic E-state index is 11.0. The van der Waals surface area contributed by atoms with Crippen molar-refractivity contribution in [3.63, 3.8) is 0 Å². The minimum atomic E-state index is -0.992. The summed E-state index contributed by atoms with van der Waals surface area (Å²) < 4.78 is 0. The fourth-order valence-electron chi connectivity index (χ4n) is 1.50. The number of carbonyl (C=O) groups is 1. The first kappa shape index (κ1) is 12.3. The van der Waals surface area contributed by atoms with Gasteiger partial charge in [-0.2, -0.15) is 0 Å². The molecule has 0 spiro atoms. The lowest BCUT2D eigenvalue weighted by atomic mass is 10.2. The third-order valence-corrected chi connectivity index (χ3v) is 2.57. The highest BCUT2D eigenvalue weighted by Crippen LogP contribution is 2.18. The van der Waals surface area contributed by atoms with Gasteiger partial charge in [-0.1, -0.05) is 35.9 Å². The number of aromatic carboxylic acids is 1. The SMILES string of the molecule is O=C(O)c1ccccc1N=Cc1cccc(Cl)c1. The van der Waals surface area contributed by atoms with Crippen LogP contribution in [0.15, 0.2) is 53.5 Å². The Bertz CT molecular complexity index is 608. The first-order valence-electron chi connectivity index (χ1n) is 5.29. The van der Waals surface area contributed by atoms with Gasteiger partial charge in [-0.05, 0) is 29.8 Å². The second kappa shape index (κ2) is 5.47. The van der Waals surface area contributed by atoms with Crippen molar-refractivity contribution in [1.82, 2.24) is 0 Å². The molecule has 2 aromatic carbocycles. The number of hydrogen-bond acceptors (Lipinski definition) is 2. The van der Waals surface area contributed by atoms with Crippen LogP contribution in [-0.2, 0) is 0 Å². The minimum absolute atomic E-state index is 0.177. The molecule has 2 aromatic rings. The highest BCUT2D eigenvalue weighted by atomic mass is 35.5. The van der Waals surface area contributed by atoms with Gasteiger partial charge in [-0.15, -0.1) is 0 Å². The average molecular weight is 260 g/mol. The molecule has 0 fully saturated rings. The molecule has 90 valence electrons. The Morgan fingerprint density at radius 3 is 2.67 bits per heavy atom. The molecule has 0 atom stereocenters. The Labute approximate surface area is 109 Å². The normalized spacial score (nSPS) is 10.7. The molecule has 0 aliphatic rings. The van der Waals surface area contributed by atoms with Crippen LogP contribution in [0.25, 0.3) is 0 Å². The molecule has 0 aliphatic heterocycles. The zero-order valence-electron chi connectivity index (χ0n) is 9.38. The van der Waals surface area contributed by atoms with Gasteiger partial charge < -0.3 is 5.11 Å². The molecule has 18 heavy (non-hydrogen) atoms. The van der Waals surface area contributed by atoms with Crippen LogP contribution in [0.2, 0.25) is 5.02 Å². The molecule has 0 aliphatic carbocycles. The van der Waals surface area contributed by atoms with E-state index in [1.54, 1.807) is 36.5 Å². The highest BCUT2D eigenvalue weighted by molar-refractivity contribution is 6.30. The summed E-state index contributed by atoms with van der Waals surface area (Å²) in [6.07, 6.45) is 1.59. The number of aliphatic imine (C=N–C) groups is 1. The number of nitrogens with zero attached hydrogens (tertiary/aromatic N) is 1. The van der Waals surface area contributed by atoms with Crippen molar-refractivity contribution in [2.45, 2.75) is 0 Å². The molecular weight excluding hydrogens is 250 g/mol. The lowest BCUT2D eigenvalue weighted by molar-refractivity contribution is 0.0698. The molecule has 2 rings (SSSR count). The highest BCUT2D eigenvalue weighted by Gasteiger charge is 2.06. The summed E-state index contributed by atoms with van der Waals surface area (Å²) in [5, 5.41) is 9.63. The number of para-hydroxylation sites is 1. The summed E-state index contributed by atoms with van der Waals surface area (Å²) in [4.78, 5) is 15.2. The van der Waals surface area contributed by atoms with Crippen molar-refractivity contribution in [3.05, 3.63) is 64.7 Å². The molecule has 0 saturated carbocycles. The quantitative estimate of drug-likeness (QED) is 0.853. The van der Waals surface area contributed by atoms with Gasteiger partial charge in [0.05, 0.1) is 11.3 Å². The fraction of sp³-hybridized carbons (Fsp3) is 0. The number of benzene rings is 2. The second-order valence-corrected chi connectivity index (χ2v) is 4.07. The topological polar surface area (TPSA) is 49.7 Å². The summed E-state index contributed by atoms with van der Waals surface area (Å²) in [6.45, 7) is 0.